The Morgan fingerprint density at radius 2 is 1.34 bits per heavy atom. The van der Waals surface area contributed by atoms with Crippen LogP contribution in [0.3, 0.4) is 0 Å². The number of benzene rings is 6. The van der Waals surface area contributed by atoms with Gasteiger partial charge in [0, 0.05) is 31.2 Å². The maximum absolute atomic E-state index is 12.2. The highest BCUT2D eigenvalue weighted by molar-refractivity contribution is 5.97. The lowest BCUT2D eigenvalue weighted by molar-refractivity contribution is 0.466. The molecule has 0 spiro atoms. The van der Waals surface area contributed by atoms with Gasteiger partial charge in [-0.2, -0.15) is 0 Å². The van der Waals surface area contributed by atoms with Crippen molar-refractivity contribution in [2.24, 2.45) is 0 Å². The fourth-order valence-corrected chi connectivity index (χ4v) is 7.73. The van der Waals surface area contributed by atoms with Crippen molar-refractivity contribution in [1.29, 1.82) is 0 Å². The highest BCUT2D eigenvalue weighted by atomic mass is 16.3. The zero-order chi connectivity index (χ0) is 45.9. The molecule has 1 N–H and O–H groups in total. The topological polar surface area (TPSA) is 50.9 Å². The van der Waals surface area contributed by atoms with Gasteiger partial charge in [-0.25, -0.2) is 4.98 Å². The number of aromatic nitrogens is 3. The summed E-state index contributed by atoms with van der Waals surface area (Å²) in [7, 11) is 0. The molecular formula is C54H53N3O. The van der Waals surface area contributed by atoms with Crippen LogP contribution in [0.1, 0.15) is 96.3 Å². The highest BCUT2D eigenvalue weighted by Crippen LogP contribution is 2.43. The minimum Gasteiger partial charge on any atom is -0.507 e. The van der Waals surface area contributed by atoms with Crippen molar-refractivity contribution in [3.63, 3.8) is 0 Å². The van der Waals surface area contributed by atoms with Gasteiger partial charge in [-0.1, -0.05) is 139 Å². The summed E-state index contributed by atoms with van der Waals surface area (Å²) in [5.41, 5.74) is 12.7. The summed E-state index contributed by atoms with van der Waals surface area (Å²) in [6, 6.07) is 42.8. The second-order valence-corrected chi connectivity index (χ2v) is 17.0. The van der Waals surface area contributed by atoms with Crippen LogP contribution in [0.15, 0.2) is 140 Å². The molecule has 0 saturated heterocycles. The van der Waals surface area contributed by atoms with E-state index >= 15 is 0 Å². The molecule has 6 aromatic carbocycles. The average molecular weight is 766 g/mol. The van der Waals surface area contributed by atoms with Crippen LogP contribution < -0.4 is 0 Å². The Labute approximate surface area is 352 Å². The van der Waals surface area contributed by atoms with Crippen LogP contribution in [0.4, 0.5) is 0 Å². The molecule has 0 fully saturated rings. The lowest BCUT2D eigenvalue weighted by Crippen LogP contribution is -2.11. The molecule has 0 unspecified atom stereocenters. The van der Waals surface area contributed by atoms with Crippen molar-refractivity contribution in [2.45, 2.75) is 79.4 Å². The Bertz CT molecular complexity index is 3010. The number of pyridine rings is 1. The summed E-state index contributed by atoms with van der Waals surface area (Å²) in [6.45, 7) is 10.3. The minimum atomic E-state index is -2.40. The lowest BCUT2D eigenvalue weighted by Gasteiger charge is -2.22. The predicted octanol–water partition coefficient (Wildman–Crippen LogP) is 14.6. The Morgan fingerprint density at radius 1 is 0.603 bits per heavy atom. The predicted molar refractivity (Wildman–Crippen MR) is 244 cm³/mol. The molecule has 0 radical (unpaired) electrons. The molecule has 4 nitrogen and oxygen atoms in total. The number of para-hydroxylation sites is 1. The van der Waals surface area contributed by atoms with E-state index in [2.05, 4.69) is 78.8 Å². The number of aryl methyl sites for hydroxylation is 2. The van der Waals surface area contributed by atoms with Crippen LogP contribution in [0, 0.1) is 13.7 Å². The van der Waals surface area contributed by atoms with Crippen LogP contribution in [-0.4, -0.2) is 19.6 Å². The number of imidazole rings is 1. The zero-order valence-electron chi connectivity index (χ0n) is 40.2. The van der Waals surface area contributed by atoms with Crippen LogP contribution in [-0.2, 0) is 5.41 Å². The molecule has 8 rings (SSSR count). The van der Waals surface area contributed by atoms with E-state index in [1.54, 1.807) is 30.5 Å². The summed E-state index contributed by atoms with van der Waals surface area (Å²) < 4.78 is 51.2. The first-order valence-corrected chi connectivity index (χ1v) is 20.0. The van der Waals surface area contributed by atoms with Gasteiger partial charge >= 0.3 is 0 Å². The zero-order valence-corrected chi connectivity index (χ0v) is 34.2. The van der Waals surface area contributed by atoms with E-state index in [1.165, 1.54) is 0 Å². The van der Waals surface area contributed by atoms with Gasteiger partial charge in [-0.15, -0.1) is 0 Å². The van der Waals surface area contributed by atoms with E-state index in [1.807, 2.05) is 83.4 Å². The molecule has 58 heavy (non-hydrogen) atoms. The standard InChI is InChI=1S/C54H53N3O/c1-33(2)40-30-47(34(3)4)52(58)48(31-40)53-56-51-46(16-13-17-50(51)57(53)45-25-36(6)24-41(29-45)37-14-11-10-12-15-37)42-26-43(28-44(27-42)54(7,8)9)49-32-39(22-23-55-49)38-20-18-35(5)19-21-38/h10-34,58H,1-9H3/i5D3,6D3. The fraction of sp³-hybridized carbons (Fsp3) is 0.222. The van der Waals surface area contributed by atoms with Crippen molar-refractivity contribution in [1.82, 2.24) is 14.5 Å². The van der Waals surface area contributed by atoms with E-state index in [0.717, 1.165) is 66.8 Å². The first-order chi connectivity index (χ1) is 30.2. The summed E-state index contributed by atoms with van der Waals surface area (Å²) >= 11 is 0. The number of aromatic hydroxyl groups is 1. The van der Waals surface area contributed by atoms with Crippen molar-refractivity contribution >= 4 is 11.0 Å². The smallest absolute Gasteiger partial charge is 0.149 e. The Kier molecular flexibility index (Phi) is 8.35. The largest absolute Gasteiger partial charge is 0.507 e. The summed E-state index contributed by atoms with van der Waals surface area (Å²) in [4.78, 5) is 10.3. The molecule has 0 bridgehead atoms. The molecule has 0 aliphatic carbocycles. The van der Waals surface area contributed by atoms with Gasteiger partial charge in [0.25, 0.3) is 0 Å². The second kappa shape index (κ2) is 15.2. The molecule has 2 aromatic heterocycles. The first-order valence-electron chi connectivity index (χ1n) is 23.0. The first kappa shape index (κ1) is 31.8. The molecule has 0 saturated carbocycles. The lowest BCUT2D eigenvalue weighted by atomic mass is 9.83. The van der Waals surface area contributed by atoms with Crippen LogP contribution in [0.5, 0.6) is 5.75 Å². The Hall–Kier alpha value is -6.26. The highest BCUT2D eigenvalue weighted by Gasteiger charge is 2.25. The third-order valence-electron chi connectivity index (χ3n) is 11.0. The number of rotatable bonds is 8. The molecule has 2 heterocycles. The van der Waals surface area contributed by atoms with Gasteiger partial charge in [0.2, 0.25) is 0 Å². The molecule has 0 aliphatic heterocycles. The molecule has 0 atom stereocenters. The van der Waals surface area contributed by atoms with E-state index in [-0.39, 0.29) is 34.1 Å². The molecule has 8 aromatic rings. The van der Waals surface area contributed by atoms with Crippen molar-refractivity contribution in [2.75, 3.05) is 0 Å². The second-order valence-electron chi connectivity index (χ2n) is 17.0. The number of hydrogen-bond donors (Lipinski definition) is 1. The molecule has 4 heteroatoms. The van der Waals surface area contributed by atoms with Gasteiger partial charge < -0.3 is 5.11 Å². The molecule has 0 amide bonds. The van der Waals surface area contributed by atoms with E-state index < -0.39 is 13.7 Å². The van der Waals surface area contributed by atoms with Crippen LogP contribution in [0.25, 0.3) is 72.7 Å². The normalized spacial score (nSPS) is 13.9. The van der Waals surface area contributed by atoms with Crippen molar-refractivity contribution in [3.05, 3.63) is 167 Å². The van der Waals surface area contributed by atoms with Gasteiger partial charge in [-0.05, 0) is 130 Å². The molecule has 290 valence electrons. The molecular weight excluding hydrogens is 707 g/mol. The van der Waals surface area contributed by atoms with Gasteiger partial charge in [0.1, 0.15) is 11.6 Å². The number of nitrogens with zero attached hydrogens (tertiary/aromatic N) is 3. The summed E-state index contributed by atoms with van der Waals surface area (Å²) in [6.07, 6.45) is 1.78. The maximum atomic E-state index is 12.2. The monoisotopic (exact) mass is 765 g/mol. The van der Waals surface area contributed by atoms with E-state index in [4.69, 9.17) is 18.2 Å². The van der Waals surface area contributed by atoms with Gasteiger partial charge in [0.15, 0.2) is 0 Å². The quantitative estimate of drug-likeness (QED) is 0.168. The van der Waals surface area contributed by atoms with Gasteiger partial charge in [-0.3, -0.25) is 9.55 Å². The Balaban J connectivity index is 1.40. The SMILES string of the molecule is [2H]C([2H])([2H])c1ccc(-c2ccnc(-c3cc(-c4cccc5c4nc(-c4cc(C(C)C)cc(C(C)C)c4O)n5-c4cc(-c5ccccc5)cc(C([2H])([2H])[2H])c4)cc(C(C)(C)C)c3)c2)cc1. The number of hydrogen-bond acceptors (Lipinski definition) is 3. The number of phenolic OH excluding ortho intramolecular Hbond substituents is 1. The number of phenols is 1. The summed E-state index contributed by atoms with van der Waals surface area (Å²) in [5.74, 6) is 0.822. The average Bonchev–Trinajstić information content (AvgIpc) is 3.65. The van der Waals surface area contributed by atoms with Crippen LogP contribution >= 0.6 is 0 Å². The van der Waals surface area contributed by atoms with Crippen LogP contribution in [0.2, 0.25) is 0 Å². The van der Waals surface area contributed by atoms with E-state index in [9.17, 15) is 5.11 Å². The summed E-state index contributed by atoms with van der Waals surface area (Å²) in [5, 5.41) is 12.2. The molecule has 0 aliphatic rings. The third-order valence-corrected chi connectivity index (χ3v) is 11.0. The minimum absolute atomic E-state index is 0.0219. The van der Waals surface area contributed by atoms with Gasteiger partial charge in [0.05, 0.1) is 22.3 Å². The Morgan fingerprint density at radius 3 is 2.05 bits per heavy atom. The van der Waals surface area contributed by atoms with Crippen molar-refractivity contribution in [3.8, 4) is 67.5 Å². The maximum Gasteiger partial charge on any atom is 0.149 e. The fourth-order valence-electron chi connectivity index (χ4n) is 7.73. The van der Waals surface area contributed by atoms with Crippen molar-refractivity contribution < 1.29 is 13.3 Å². The number of fused-ring (bicyclic) bond motifs is 1. The van der Waals surface area contributed by atoms with E-state index in [0.29, 0.717) is 22.6 Å². The third kappa shape index (κ3) is 7.47.